The van der Waals surface area contributed by atoms with Gasteiger partial charge in [0.1, 0.15) is 17.8 Å². The molecule has 23 heavy (non-hydrogen) atoms. The van der Waals surface area contributed by atoms with Crippen molar-refractivity contribution in [2.24, 2.45) is 0 Å². The molecule has 1 amide bonds. The third-order valence-corrected chi connectivity index (χ3v) is 3.37. The molecule has 2 rings (SSSR count). The summed E-state index contributed by atoms with van der Waals surface area (Å²) < 4.78 is 4.95. The van der Waals surface area contributed by atoms with Gasteiger partial charge in [0.25, 0.3) is 5.91 Å². The number of hydrogen-bond acceptors (Lipinski definition) is 5. The number of nitrogens with zero attached hydrogens (tertiary/aromatic N) is 2. The Morgan fingerprint density at radius 1 is 1.26 bits per heavy atom. The van der Waals surface area contributed by atoms with E-state index in [1.165, 1.54) is 6.33 Å². The van der Waals surface area contributed by atoms with Crippen molar-refractivity contribution in [2.75, 3.05) is 25.6 Å². The first-order valence-electron chi connectivity index (χ1n) is 7.61. The quantitative estimate of drug-likeness (QED) is 0.732. The summed E-state index contributed by atoms with van der Waals surface area (Å²) in [6.07, 6.45) is 2.16. The second-order valence-electron chi connectivity index (χ2n) is 5.17. The van der Waals surface area contributed by atoms with Gasteiger partial charge >= 0.3 is 0 Å². The number of aromatic nitrogens is 2. The topological polar surface area (TPSA) is 76.1 Å². The Bertz CT molecular complexity index is 619. The van der Waals surface area contributed by atoms with Crippen LogP contribution in [0.3, 0.4) is 0 Å². The summed E-state index contributed by atoms with van der Waals surface area (Å²) in [5.74, 6) is 0.414. The normalized spacial score (nSPS) is 11.7. The lowest BCUT2D eigenvalue weighted by Gasteiger charge is -2.15. The minimum atomic E-state index is -0.209. The van der Waals surface area contributed by atoms with Crippen LogP contribution in [0, 0.1) is 0 Å². The molecule has 1 heterocycles. The van der Waals surface area contributed by atoms with E-state index in [0.717, 1.165) is 12.0 Å². The van der Waals surface area contributed by atoms with Crippen LogP contribution in [0.15, 0.2) is 42.7 Å². The predicted molar refractivity (Wildman–Crippen MR) is 89.3 cm³/mol. The van der Waals surface area contributed by atoms with Crippen molar-refractivity contribution in [3.63, 3.8) is 0 Å². The second kappa shape index (κ2) is 8.85. The molecule has 0 aliphatic rings. The van der Waals surface area contributed by atoms with E-state index < -0.39 is 0 Å². The highest BCUT2D eigenvalue weighted by Crippen LogP contribution is 2.17. The molecule has 0 aliphatic heterocycles. The number of carbonyl (C=O) groups excluding carboxylic acids is 1. The summed E-state index contributed by atoms with van der Waals surface area (Å²) in [6.45, 7) is 3.22. The van der Waals surface area contributed by atoms with E-state index in [0.29, 0.717) is 24.7 Å². The van der Waals surface area contributed by atoms with Crippen molar-refractivity contribution in [1.29, 1.82) is 0 Å². The lowest BCUT2D eigenvalue weighted by atomic mass is 10.1. The lowest BCUT2D eigenvalue weighted by molar-refractivity contribution is 0.0943. The highest BCUT2D eigenvalue weighted by Gasteiger charge is 2.10. The molecule has 0 saturated carbocycles. The third-order valence-electron chi connectivity index (χ3n) is 3.37. The molecule has 1 aromatic carbocycles. The maximum absolute atomic E-state index is 12.0. The van der Waals surface area contributed by atoms with Crippen LogP contribution in [-0.2, 0) is 4.74 Å². The summed E-state index contributed by atoms with van der Waals surface area (Å²) in [6, 6.07) is 11.8. The van der Waals surface area contributed by atoms with E-state index in [1.54, 1.807) is 13.2 Å². The van der Waals surface area contributed by atoms with Crippen LogP contribution >= 0.6 is 0 Å². The van der Waals surface area contributed by atoms with Gasteiger partial charge in [0, 0.05) is 32.4 Å². The second-order valence-corrected chi connectivity index (χ2v) is 5.17. The average Bonchev–Trinajstić information content (AvgIpc) is 2.59. The molecular formula is C17H22N4O2. The first-order valence-corrected chi connectivity index (χ1v) is 7.61. The number of methoxy groups -OCH3 is 1. The van der Waals surface area contributed by atoms with Gasteiger partial charge in [0.05, 0.1) is 0 Å². The molecule has 0 bridgehead atoms. The molecule has 0 radical (unpaired) electrons. The smallest absolute Gasteiger partial charge is 0.270 e. The van der Waals surface area contributed by atoms with Crippen LogP contribution in [0.25, 0.3) is 0 Å². The van der Waals surface area contributed by atoms with E-state index >= 15 is 0 Å². The molecule has 6 heteroatoms. The van der Waals surface area contributed by atoms with Crippen molar-refractivity contribution in [2.45, 2.75) is 19.4 Å². The molecule has 6 nitrogen and oxygen atoms in total. The Balaban J connectivity index is 1.95. The molecule has 1 aromatic heterocycles. The standard InChI is InChI=1S/C17H22N4O2/c1-13(14-7-4-3-5-8-14)21-16-11-15(19-12-20-16)17(22)18-9-6-10-23-2/h3-5,7-8,11-13H,6,9-10H2,1-2H3,(H,18,22)(H,19,20,21). The van der Waals surface area contributed by atoms with Gasteiger partial charge in [0.15, 0.2) is 0 Å². The summed E-state index contributed by atoms with van der Waals surface area (Å²) in [5, 5.41) is 6.09. The van der Waals surface area contributed by atoms with Gasteiger partial charge in [-0.3, -0.25) is 4.79 Å². The van der Waals surface area contributed by atoms with Gasteiger partial charge in [-0.15, -0.1) is 0 Å². The number of anilines is 1. The number of rotatable bonds is 8. The zero-order valence-corrected chi connectivity index (χ0v) is 13.5. The van der Waals surface area contributed by atoms with E-state index in [-0.39, 0.29) is 11.9 Å². The highest BCUT2D eigenvalue weighted by molar-refractivity contribution is 5.92. The predicted octanol–water partition coefficient (Wildman–Crippen LogP) is 2.42. The Hall–Kier alpha value is -2.47. The Kier molecular flexibility index (Phi) is 6.50. The fourth-order valence-corrected chi connectivity index (χ4v) is 2.12. The van der Waals surface area contributed by atoms with E-state index in [2.05, 4.69) is 20.6 Å². The van der Waals surface area contributed by atoms with Gasteiger partial charge in [-0.05, 0) is 18.9 Å². The molecule has 0 fully saturated rings. The van der Waals surface area contributed by atoms with Crippen LogP contribution in [0.2, 0.25) is 0 Å². The molecule has 122 valence electrons. The largest absolute Gasteiger partial charge is 0.385 e. The van der Waals surface area contributed by atoms with Crippen molar-refractivity contribution in [3.8, 4) is 0 Å². The molecule has 1 unspecified atom stereocenters. The molecule has 2 N–H and O–H groups in total. The molecule has 2 aromatic rings. The van der Waals surface area contributed by atoms with Crippen LogP contribution in [-0.4, -0.2) is 36.1 Å². The first-order chi connectivity index (χ1) is 11.2. The van der Waals surface area contributed by atoms with Crippen molar-refractivity contribution < 1.29 is 9.53 Å². The maximum Gasteiger partial charge on any atom is 0.270 e. The van der Waals surface area contributed by atoms with Gasteiger partial charge in [-0.2, -0.15) is 0 Å². The number of hydrogen-bond donors (Lipinski definition) is 2. The summed E-state index contributed by atoms with van der Waals surface area (Å²) >= 11 is 0. The Labute approximate surface area is 136 Å². The fraction of sp³-hybridized carbons (Fsp3) is 0.353. The molecule has 0 spiro atoms. The number of benzene rings is 1. The summed E-state index contributed by atoms with van der Waals surface area (Å²) in [4.78, 5) is 20.2. The molecular weight excluding hydrogens is 292 g/mol. The van der Waals surface area contributed by atoms with Crippen molar-refractivity contribution in [3.05, 3.63) is 54.0 Å². The Morgan fingerprint density at radius 3 is 2.78 bits per heavy atom. The van der Waals surface area contributed by atoms with Crippen LogP contribution < -0.4 is 10.6 Å². The van der Waals surface area contributed by atoms with Gasteiger partial charge in [0.2, 0.25) is 0 Å². The fourth-order valence-electron chi connectivity index (χ4n) is 2.12. The highest BCUT2D eigenvalue weighted by atomic mass is 16.5. The molecule has 1 atom stereocenters. The third kappa shape index (κ3) is 5.34. The molecule has 0 aliphatic carbocycles. The summed E-state index contributed by atoms with van der Waals surface area (Å²) in [7, 11) is 1.64. The monoisotopic (exact) mass is 314 g/mol. The number of nitrogens with one attached hydrogen (secondary N) is 2. The minimum absolute atomic E-state index is 0.0868. The van der Waals surface area contributed by atoms with E-state index in [9.17, 15) is 4.79 Å². The van der Waals surface area contributed by atoms with Crippen LogP contribution in [0.5, 0.6) is 0 Å². The van der Waals surface area contributed by atoms with Crippen LogP contribution in [0.1, 0.15) is 35.4 Å². The Morgan fingerprint density at radius 2 is 2.04 bits per heavy atom. The van der Waals surface area contributed by atoms with Crippen LogP contribution in [0.4, 0.5) is 5.82 Å². The maximum atomic E-state index is 12.0. The number of amides is 1. The first kappa shape index (κ1) is 16.9. The van der Waals surface area contributed by atoms with E-state index in [1.807, 2.05) is 37.3 Å². The van der Waals surface area contributed by atoms with E-state index in [4.69, 9.17) is 4.74 Å². The number of ether oxygens (including phenoxy) is 1. The van der Waals surface area contributed by atoms with Gasteiger partial charge in [-0.25, -0.2) is 9.97 Å². The molecule has 0 saturated heterocycles. The van der Waals surface area contributed by atoms with Gasteiger partial charge < -0.3 is 15.4 Å². The number of carbonyl (C=O) groups is 1. The van der Waals surface area contributed by atoms with Crippen molar-refractivity contribution in [1.82, 2.24) is 15.3 Å². The average molecular weight is 314 g/mol. The minimum Gasteiger partial charge on any atom is -0.385 e. The SMILES string of the molecule is COCCCNC(=O)c1cc(NC(C)c2ccccc2)ncn1. The van der Waals surface area contributed by atoms with Crippen molar-refractivity contribution >= 4 is 11.7 Å². The zero-order valence-electron chi connectivity index (χ0n) is 13.5. The lowest BCUT2D eigenvalue weighted by Crippen LogP contribution is -2.26. The zero-order chi connectivity index (χ0) is 16.5. The summed E-state index contributed by atoms with van der Waals surface area (Å²) in [5.41, 5.74) is 1.50. The van der Waals surface area contributed by atoms with Gasteiger partial charge in [-0.1, -0.05) is 30.3 Å².